The Morgan fingerprint density at radius 2 is 1.22 bits per heavy atom. The van der Waals surface area contributed by atoms with Gasteiger partial charge in [0.15, 0.2) is 12.6 Å². The summed E-state index contributed by atoms with van der Waals surface area (Å²) in [6, 6.07) is 0. The van der Waals surface area contributed by atoms with E-state index in [1.165, 1.54) is 0 Å². The molecular formula is C12H22O11. The first-order valence-corrected chi connectivity index (χ1v) is 7.07. The lowest BCUT2D eigenvalue weighted by Gasteiger charge is -2.41. The molecule has 2 heterocycles. The van der Waals surface area contributed by atoms with Crippen molar-refractivity contribution in [3.63, 3.8) is 0 Å². The molecule has 0 radical (unpaired) electrons. The number of aliphatic hydroxyl groups is 8. The molecule has 0 aliphatic carbocycles. The zero-order valence-corrected chi connectivity index (χ0v) is 12.0. The molecule has 10 atom stereocenters. The zero-order valence-electron chi connectivity index (χ0n) is 12.0. The average Bonchev–Trinajstić information content (AvgIpc) is 2.54. The highest BCUT2D eigenvalue weighted by atomic mass is 16.7. The van der Waals surface area contributed by atoms with Gasteiger partial charge in [0.05, 0.1) is 13.2 Å². The Balaban J connectivity index is 1.94. The molecule has 8 N–H and O–H groups in total. The van der Waals surface area contributed by atoms with Crippen LogP contribution in [0.4, 0.5) is 0 Å². The summed E-state index contributed by atoms with van der Waals surface area (Å²) in [7, 11) is 0. The van der Waals surface area contributed by atoms with Crippen molar-refractivity contribution in [1.29, 1.82) is 0 Å². The van der Waals surface area contributed by atoms with Crippen molar-refractivity contribution in [3.8, 4) is 0 Å². The van der Waals surface area contributed by atoms with Crippen molar-refractivity contribution in [1.82, 2.24) is 0 Å². The van der Waals surface area contributed by atoms with E-state index in [9.17, 15) is 35.7 Å². The minimum atomic E-state index is -1.74. The third-order valence-electron chi connectivity index (χ3n) is 3.96. The van der Waals surface area contributed by atoms with E-state index in [1.807, 2.05) is 0 Å². The molecule has 0 saturated carbocycles. The van der Waals surface area contributed by atoms with Crippen LogP contribution >= 0.6 is 0 Å². The summed E-state index contributed by atoms with van der Waals surface area (Å²) in [5.41, 5.74) is 0. The summed E-state index contributed by atoms with van der Waals surface area (Å²) < 4.78 is 15.1. The van der Waals surface area contributed by atoms with Crippen LogP contribution in [-0.2, 0) is 14.2 Å². The van der Waals surface area contributed by atoms with Gasteiger partial charge in [-0.3, -0.25) is 0 Å². The van der Waals surface area contributed by atoms with Gasteiger partial charge in [0, 0.05) is 0 Å². The average molecular weight is 342 g/mol. The van der Waals surface area contributed by atoms with Crippen LogP contribution in [0.3, 0.4) is 0 Å². The molecule has 2 saturated heterocycles. The van der Waals surface area contributed by atoms with Crippen LogP contribution in [0, 0.1) is 0 Å². The smallest absolute Gasteiger partial charge is 0.186 e. The summed E-state index contributed by atoms with van der Waals surface area (Å²) in [4.78, 5) is 0. The van der Waals surface area contributed by atoms with Crippen molar-refractivity contribution in [2.45, 2.75) is 61.4 Å². The lowest BCUT2D eigenvalue weighted by molar-refractivity contribution is -0.325. The Labute approximate surface area is 130 Å². The van der Waals surface area contributed by atoms with E-state index in [-0.39, 0.29) is 0 Å². The van der Waals surface area contributed by atoms with Crippen molar-refractivity contribution in [2.24, 2.45) is 0 Å². The molecule has 4 unspecified atom stereocenters. The Morgan fingerprint density at radius 3 is 1.83 bits per heavy atom. The number of aliphatic hydroxyl groups excluding tert-OH is 8. The monoisotopic (exact) mass is 342 g/mol. The fourth-order valence-corrected chi connectivity index (χ4v) is 2.46. The molecule has 0 spiro atoms. The van der Waals surface area contributed by atoms with E-state index in [0.29, 0.717) is 0 Å². The molecule has 0 aromatic heterocycles. The minimum absolute atomic E-state index is 0.468. The SMILES string of the molecule is OCC1O[C@H](OCC2O[C@@H](O)C(O)[C@H](O)[C@@H]2O)C(O)[C@H](O)[C@H]1O. The molecule has 2 aliphatic rings. The molecule has 2 rings (SSSR count). The van der Waals surface area contributed by atoms with Gasteiger partial charge in [0.2, 0.25) is 0 Å². The van der Waals surface area contributed by atoms with Crippen molar-refractivity contribution < 1.29 is 55.1 Å². The molecule has 0 amide bonds. The van der Waals surface area contributed by atoms with Crippen LogP contribution in [0.1, 0.15) is 0 Å². The molecule has 0 aromatic rings. The van der Waals surface area contributed by atoms with Crippen LogP contribution < -0.4 is 0 Å². The van der Waals surface area contributed by atoms with Crippen LogP contribution in [0.5, 0.6) is 0 Å². The molecular weight excluding hydrogens is 320 g/mol. The summed E-state index contributed by atoms with van der Waals surface area (Å²) in [5.74, 6) is 0. The molecule has 2 fully saturated rings. The molecule has 2 aliphatic heterocycles. The molecule has 0 bridgehead atoms. The Morgan fingerprint density at radius 1 is 0.652 bits per heavy atom. The normalized spacial score (nSPS) is 51.7. The lowest BCUT2D eigenvalue weighted by Crippen LogP contribution is -2.61. The second-order valence-corrected chi connectivity index (χ2v) is 5.57. The van der Waals surface area contributed by atoms with Gasteiger partial charge in [0.1, 0.15) is 48.8 Å². The van der Waals surface area contributed by atoms with E-state index >= 15 is 0 Å². The lowest BCUT2D eigenvalue weighted by atomic mass is 9.98. The van der Waals surface area contributed by atoms with E-state index in [0.717, 1.165) is 0 Å². The van der Waals surface area contributed by atoms with E-state index in [4.69, 9.17) is 19.3 Å². The number of hydrogen-bond acceptors (Lipinski definition) is 11. The second-order valence-electron chi connectivity index (χ2n) is 5.57. The minimum Gasteiger partial charge on any atom is -0.394 e. The predicted octanol–water partition coefficient (Wildman–Crippen LogP) is -5.40. The van der Waals surface area contributed by atoms with Crippen molar-refractivity contribution in [2.75, 3.05) is 13.2 Å². The van der Waals surface area contributed by atoms with Crippen LogP contribution in [0.15, 0.2) is 0 Å². The summed E-state index contributed by atoms with van der Waals surface area (Å²) >= 11 is 0. The standard InChI is InChI=1S/C12H22O11/c13-1-3-5(14)8(17)10(19)12(23-3)21-2-4-6(15)7(16)9(18)11(20)22-4/h3-20H,1-2H2/t3?,4?,5-,6+,7+,8+,9?,10?,11+,12-/m0/s1. The molecule has 136 valence electrons. The first-order chi connectivity index (χ1) is 10.8. The van der Waals surface area contributed by atoms with E-state index in [2.05, 4.69) is 0 Å². The quantitative estimate of drug-likeness (QED) is 0.243. The fraction of sp³-hybridized carbons (Fsp3) is 1.00. The number of rotatable bonds is 4. The predicted molar refractivity (Wildman–Crippen MR) is 68.6 cm³/mol. The number of ether oxygens (including phenoxy) is 3. The van der Waals surface area contributed by atoms with Crippen LogP contribution in [0.2, 0.25) is 0 Å². The summed E-state index contributed by atoms with van der Waals surface area (Å²) in [5, 5.41) is 76.1. The van der Waals surface area contributed by atoms with Gasteiger partial charge in [-0.1, -0.05) is 0 Å². The third kappa shape index (κ3) is 3.81. The topological polar surface area (TPSA) is 190 Å². The molecule has 0 aromatic carbocycles. The Hall–Kier alpha value is -0.440. The number of hydrogen-bond donors (Lipinski definition) is 8. The van der Waals surface area contributed by atoms with Crippen LogP contribution in [0.25, 0.3) is 0 Å². The third-order valence-corrected chi connectivity index (χ3v) is 3.96. The Bertz CT molecular complexity index is 380. The van der Waals surface area contributed by atoms with Gasteiger partial charge in [-0.05, 0) is 0 Å². The van der Waals surface area contributed by atoms with Crippen molar-refractivity contribution >= 4 is 0 Å². The first-order valence-electron chi connectivity index (χ1n) is 7.07. The van der Waals surface area contributed by atoms with Gasteiger partial charge in [-0.2, -0.15) is 0 Å². The highest BCUT2D eigenvalue weighted by molar-refractivity contribution is 4.91. The molecule has 11 heteroatoms. The maximum absolute atomic E-state index is 9.78. The second kappa shape index (κ2) is 7.63. The van der Waals surface area contributed by atoms with Gasteiger partial charge >= 0.3 is 0 Å². The van der Waals surface area contributed by atoms with Gasteiger partial charge in [0.25, 0.3) is 0 Å². The molecule has 23 heavy (non-hydrogen) atoms. The maximum Gasteiger partial charge on any atom is 0.186 e. The summed E-state index contributed by atoms with van der Waals surface area (Å²) in [6.07, 6.45) is -15.3. The Kier molecular flexibility index (Phi) is 6.27. The largest absolute Gasteiger partial charge is 0.394 e. The van der Waals surface area contributed by atoms with E-state index in [1.54, 1.807) is 0 Å². The molecule has 11 nitrogen and oxygen atoms in total. The van der Waals surface area contributed by atoms with Gasteiger partial charge in [-0.25, -0.2) is 0 Å². The summed E-state index contributed by atoms with van der Waals surface area (Å²) in [6.45, 7) is -1.10. The fourth-order valence-electron chi connectivity index (χ4n) is 2.46. The van der Waals surface area contributed by atoms with Crippen LogP contribution in [-0.4, -0.2) is 115 Å². The highest BCUT2D eigenvalue weighted by Gasteiger charge is 2.46. The van der Waals surface area contributed by atoms with Gasteiger partial charge in [-0.15, -0.1) is 0 Å². The first kappa shape index (κ1) is 18.9. The maximum atomic E-state index is 9.78. The highest BCUT2D eigenvalue weighted by Crippen LogP contribution is 2.24. The van der Waals surface area contributed by atoms with E-state index < -0.39 is 74.6 Å². The van der Waals surface area contributed by atoms with Gasteiger partial charge < -0.3 is 55.1 Å². The van der Waals surface area contributed by atoms with Crippen molar-refractivity contribution in [3.05, 3.63) is 0 Å². The zero-order chi connectivity index (χ0) is 17.3.